The molecule has 0 aromatic carbocycles. The highest BCUT2D eigenvalue weighted by Crippen LogP contribution is 2.00. The number of amides is 1. The third-order valence-electron chi connectivity index (χ3n) is 1.88. The van der Waals surface area contributed by atoms with Crippen LogP contribution in [-0.4, -0.2) is 17.7 Å². The van der Waals surface area contributed by atoms with Gasteiger partial charge in [0.25, 0.3) is 0 Å². The fourth-order valence-corrected chi connectivity index (χ4v) is 0.951. The van der Waals surface area contributed by atoms with E-state index in [1.165, 1.54) is 0 Å². The largest absolute Gasteiger partial charge is 0.346 e. The molecule has 1 amide bonds. The Morgan fingerprint density at radius 3 is 1.69 bits per heavy atom. The minimum Gasteiger partial charge on any atom is -0.346 e. The van der Waals surface area contributed by atoms with Crippen molar-refractivity contribution in [3.63, 3.8) is 0 Å². The van der Waals surface area contributed by atoms with Crippen LogP contribution < -0.4 is 5.32 Å². The van der Waals surface area contributed by atoms with Gasteiger partial charge in [-0.1, -0.05) is 27.7 Å². The molecule has 3 heteroatoms. The van der Waals surface area contributed by atoms with Gasteiger partial charge in [0, 0.05) is 11.8 Å². The molecule has 3 nitrogen and oxygen atoms in total. The van der Waals surface area contributed by atoms with Crippen molar-refractivity contribution in [3.8, 4) is 0 Å². The summed E-state index contributed by atoms with van der Waals surface area (Å²) in [5.74, 6) is -0.0830. The normalized spacial score (nSPS) is 13.2. The lowest BCUT2D eigenvalue weighted by Crippen LogP contribution is -2.42. The second kappa shape index (κ2) is 5.00. The molecular weight excluding hydrogens is 167 g/mol. The summed E-state index contributed by atoms with van der Waals surface area (Å²) >= 11 is 0. The van der Waals surface area contributed by atoms with Gasteiger partial charge in [-0.15, -0.1) is 0 Å². The summed E-state index contributed by atoms with van der Waals surface area (Å²) in [5, 5.41) is 2.67. The van der Waals surface area contributed by atoms with E-state index in [1.54, 1.807) is 6.92 Å². The van der Waals surface area contributed by atoms with Crippen LogP contribution in [0.15, 0.2) is 0 Å². The fraction of sp³-hybridized carbons (Fsp3) is 0.800. The van der Waals surface area contributed by atoms with Crippen molar-refractivity contribution in [2.45, 2.75) is 40.7 Å². The first-order valence-electron chi connectivity index (χ1n) is 4.70. The van der Waals surface area contributed by atoms with Crippen LogP contribution in [0.5, 0.6) is 0 Å². The van der Waals surface area contributed by atoms with E-state index in [4.69, 9.17) is 0 Å². The second-order valence-corrected chi connectivity index (χ2v) is 3.94. The van der Waals surface area contributed by atoms with E-state index in [0.717, 1.165) is 0 Å². The number of nitrogens with one attached hydrogen (secondary N) is 1. The molecule has 0 heterocycles. The molecule has 0 aromatic rings. The van der Waals surface area contributed by atoms with E-state index in [0.29, 0.717) is 0 Å². The van der Waals surface area contributed by atoms with Gasteiger partial charge in [-0.25, -0.2) is 0 Å². The van der Waals surface area contributed by atoms with Crippen LogP contribution in [0.2, 0.25) is 0 Å². The van der Waals surface area contributed by atoms with Crippen molar-refractivity contribution in [1.29, 1.82) is 0 Å². The van der Waals surface area contributed by atoms with Crippen LogP contribution in [0.4, 0.5) is 0 Å². The first kappa shape index (κ1) is 12.1. The topological polar surface area (TPSA) is 46.2 Å². The first-order valence-corrected chi connectivity index (χ1v) is 4.70. The third-order valence-corrected chi connectivity index (χ3v) is 1.88. The molecule has 0 fully saturated rings. The van der Waals surface area contributed by atoms with Gasteiger partial charge in [-0.2, -0.15) is 0 Å². The highest BCUT2D eigenvalue weighted by Gasteiger charge is 2.19. The van der Waals surface area contributed by atoms with Gasteiger partial charge < -0.3 is 5.32 Å². The lowest BCUT2D eigenvalue weighted by atomic mass is 10.0. The SMILES string of the molecule is CC(C)C(=O)C(C)N[13C](=O)C(C)C. The Bertz CT molecular complexity index is 197. The van der Waals surface area contributed by atoms with Crippen LogP contribution in [0, 0.1) is 11.8 Å². The van der Waals surface area contributed by atoms with Crippen molar-refractivity contribution >= 4 is 11.7 Å². The molecule has 1 N–H and O–H groups in total. The standard InChI is InChI=1S/C10H19NO2/c1-6(2)9(12)8(5)11-10(13)7(3)4/h6-8H,1-5H3,(H,11,13)/i10+1. The predicted molar refractivity (Wildman–Crippen MR) is 52.3 cm³/mol. The van der Waals surface area contributed by atoms with Crippen LogP contribution in [-0.2, 0) is 9.59 Å². The fourth-order valence-electron chi connectivity index (χ4n) is 0.951. The van der Waals surface area contributed by atoms with Gasteiger partial charge >= 0.3 is 0 Å². The first-order chi connectivity index (χ1) is 5.86. The number of hydrogen-bond donors (Lipinski definition) is 1. The summed E-state index contributed by atoms with van der Waals surface area (Å²) in [6.07, 6.45) is 0. The van der Waals surface area contributed by atoms with E-state index < -0.39 is 0 Å². The summed E-state index contributed by atoms with van der Waals surface area (Å²) in [6, 6.07) is -0.366. The lowest BCUT2D eigenvalue weighted by Gasteiger charge is -2.16. The molecule has 1 atom stereocenters. The number of rotatable bonds is 4. The lowest BCUT2D eigenvalue weighted by molar-refractivity contribution is -0.130. The molecule has 0 saturated heterocycles. The molecule has 0 radical (unpaired) electrons. The number of carbonyl (C=O) groups excluding carboxylic acids is 2. The van der Waals surface area contributed by atoms with Crippen LogP contribution >= 0.6 is 0 Å². The Balaban J connectivity index is 4.08. The molecule has 0 aliphatic heterocycles. The maximum absolute atomic E-state index is 11.4. The zero-order chi connectivity index (χ0) is 10.6. The van der Waals surface area contributed by atoms with Gasteiger partial charge in [-0.3, -0.25) is 9.59 Å². The number of Topliss-reactive ketones (excluding diaryl/α,β-unsaturated/α-hetero) is 1. The Morgan fingerprint density at radius 1 is 0.923 bits per heavy atom. The highest BCUT2D eigenvalue weighted by atomic mass is 16.2. The van der Waals surface area contributed by atoms with Crippen molar-refractivity contribution in [1.82, 2.24) is 5.32 Å². The van der Waals surface area contributed by atoms with Crippen molar-refractivity contribution in [2.24, 2.45) is 11.8 Å². The Kier molecular flexibility index (Phi) is 4.67. The highest BCUT2D eigenvalue weighted by molar-refractivity contribution is 5.90. The molecule has 0 spiro atoms. The predicted octanol–water partition coefficient (Wildman–Crippen LogP) is 1.37. The Morgan fingerprint density at radius 2 is 1.38 bits per heavy atom. The smallest absolute Gasteiger partial charge is 0.223 e. The van der Waals surface area contributed by atoms with Gasteiger partial charge in [0.1, 0.15) is 0 Å². The van der Waals surface area contributed by atoms with Crippen LogP contribution in [0.25, 0.3) is 0 Å². The Hall–Kier alpha value is -0.860. The number of carbonyl (C=O) groups is 2. The van der Waals surface area contributed by atoms with Crippen molar-refractivity contribution in [3.05, 3.63) is 0 Å². The van der Waals surface area contributed by atoms with E-state index in [2.05, 4.69) is 5.32 Å². The number of hydrogen-bond acceptors (Lipinski definition) is 2. The van der Waals surface area contributed by atoms with E-state index in [9.17, 15) is 9.59 Å². The average molecular weight is 186 g/mol. The monoisotopic (exact) mass is 186 g/mol. The summed E-state index contributed by atoms with van der Waals surface area (Å²) in [5.41, 5.74) is 0. The van der Waals surface area contributed by atoms with Crippen molar-refractivity contribution < 1.29 is 9.59 Å². The molecule has 76 valence electrons. The van der Waals surface area contributed by atoms with E-state index >= 15 is 0 Å². The summed E-state index contributed by atoms with van der Waals surface area (Å²) in [4.78, 5) is 22.6. The molecule has 0 saturated carbocycles. The van der Waals surface area contributed by atoms with Crippen LogP contribution in [0.3, 0.4) is 0 Å². The molecule has 0 aliphatic carbocycles. The molecular formula is C10H19NO2. The quantitative estimate of drug-likeness (QED) is 0.674. The maximum atomic E-state index is 11.4. The second-order valence-electron chi connectivity index (χ2n) is 3.94. The Labute approximate surface area is 79.9 Å². The third kappa shape index (κ3) is 4.06. The van der Waals surface area contributed by atoms with Gasteiger partial charge in [0.15, 0.2) is 5.78 Å². The zero-order valence-electron chi connectivity index (χ0n) is 9.05. The van der Waals surface area contributed by atoms with Crippen LogP contribution in [0.1, 0.15) is 34.6 Å². The van der Waals surface area contributed by atoms with Crippen molar-refractivity contribution in [2.75, 3.05) is 0 Å². The molecule has 13 heavy (non-hydrogen) atoms. The maximum Gasteiger partial charge on any atom is 0.223 e. The summed E-state index contributed by atoms with van der Waals surface area (Å²) in [7, 11) is 0. The van der Waals surface area contributed by atoms with Gasteiger partial charge in [0.05, 0.1) is 6.04 Å². The molecule has 0 aliphatic rings. The van der Waals surface area contributed by atoms with E-state index in [1.807, 2.05) is 27.7 Å². The minimum absolute atomic E-state index is 0.0255. The van der Waals surface area contributed by atoms with E-state index in [-0.39, 0.29) is 29.6 Å². The summed E-state index contributed by atoms with van der Waals surface area (Å²) < 4.78 is 0. The summed E-state index contributed by atoms with van der Waals surface area (Å²) in [6.45, 7) is 9.01. The van der Waals surface area contributed by atoms with Gasteiger partial charge in [0.2, 0.25) is 5.91 Å². The molecule has 0 rings (SSSR count). The molecule has 0 bridgehead atoms. The minimum atomic E-state index is -0.366. The number of ketones is 1. The average Bonchev–Trinajstić information content (AvgIpc) is 2.02. The van der Waals surface area contributed by atoms with Gasteiger partial charge in [-0.05, 0) is 6.92 Å². The molecule has 0 aromatic heterocycles. The zero-order valence-corrected chi connectivity index (χ0v) is 9.05. The molecule has 1 unspecified atom stereocenters.